The molecule has 1 saturated heterocycles. The van der Waals surface area contributed by atoms with Crippen molar-refractivity contribution in [1.29, 1.82) is 0 Å². The quantitative estimate of drug-likeness (QED) is 0.658. The fourth-order valence-corrected chi connectivity index (χ4v) is 1.95. The molecule has 0 atom stereocenters. The monoisotopic (exact) mass is 219 g/mol. The second-order valence-corrected chi connectivity index (χ2v) is 4.71. The van der Waals surface area contributed by atoms with Crippen LogP contribution in [-0.4, -0.2) is 29.9 Å². The van der Waals surface area contributed by atoms with E-state index in [2.05, 4.69) is 34.7 Å². The molecule has 2 heteroatoms. The average molecular weight is 220 g/mol. The molecule has 1 aliphatic rings. The van der Waals surface area contributed by atoms with Crippen LogP contribution in [0.4, 0.5) is 0 Å². The van der Waals surface area contributed by atoms with Gasteiger partial charge in [0, 0.05) is 18.4 Å². The van der Waals surface area contributed by atoms with Gasteiger partial charge in [-0.2, -0.15) is 0 Å². The van der Waals surface area contributed by atoms with E-state index < -0.39 is 0 Å². The molecular weight excluding hydrogens is 202 g/mol. The summed E-state index contributed by atoms with van der Waals surface area (Å²) < 4.78 is 0. The highest BCUT2D eigenvalue weighted by Gasteiger charge is 2.35. The molecule has 1 heterocycles. The highest BCUT2D eigenvalue weighted by molar-refractivity contribution is 9.09. The lowest BCUT2D eigenvalue weighted by atomic mass is 9.79. The van der Waals surface area contributed by atoms with Gasteiger partial charge < -0.3 is 4.90 Å². The average Bonchev–Trinajstić information content (AvgIpc) is 1.96. The second-order valence-electron chi connectivity index (χ2n) is 3.92. The maximum absolute atomic E-state index is 3.45. The molecule has 1 fully saturated rings. The van der Waals surface area contributed by atoms with Gasteiger partial charge in [-0.25, -0.2) is 0 Å². The third kappa shape index (κ3) is 2.45. The number of halogens is 1. The Morgan fingerprint density at radius 1 is 1.45 bits per heavy atom. The molecule has 0 aromatic carbocycles. The van der Waals surface area contributed by atoms with Gasteiger partial charge in [-0.1, -0.05) is 29.8 Å². The van der Waals surface area contributed by atoms with Crippen LogP contribution in [0.25, 0.3) is 0 Å². The molecule has 0 unspecified atom stereocenters. The SMILES string of the molecule is CCC1(C)CN(CCCBr)C1. The van der Waals surface area contributed by atoms with Crippen LogP contribution in [0.15, 0.2) is 0 Å². The number of alkyl halides is 1. The first-order chi connectivity index (χ1) is 5.20. The Balaban J connectivity index is 2.08. The fourth-order valence-electron chi connectivity index (χ4n) is 1.70. The van der Waals surface area contributed by atoms with Crippen LogP contribution in [0.1, 0.15) is 26.7 Å². The molecule has 11 heavy (non-hydrogen) atoms. The first-order valence-electron chi connectivity index (χ1n) is 4.48. The van der Waals surface area contributed by atoms with Crippen molar-refractivity contribution in [1.82, 2.24) is 4.90 Å². The first-order valence-corrected chi connectivity index (χ1v) is 5.61. The van der Waals surface area contributed by atoms with E-state index in [4.69, 9.17) is 0 Å². The van der Waals surface area contributed by atoms with E-state index in [1.165, 1.54) is 32.5 Å². The summed E-state index contributed by atoms with van der Waals surface area (Å²) in [6.45, 7) is 8.59. The van der Waals surface area contributed by atoms with Crippen LogP contribution in [0.2, 0.25) is 0 Å². The van der Waals surface area contributed by atoms with Crippen molar-refractivity contribution in [3.8, 4) is 0 Å². The van der Waals surface area contributed by atoms with Gasteiger partial charge in [0.2, 0.25) is 0 Å². The summed E-state index contributed by atoms with van der Waals surface area (Å²) in [7, 11) is 0. The molecule has 0 amide bonds. The van der Waals surface area contributed by atoms with Crippen LogP contribution in [0, 0.1) is 5.41 Å². The molecule has 0 saturated carbocycles. The summed E-state index contributed by atoms with van der Waals surface area (Å²) in [5.74, 6) is 0. The topological polar surface area (TPSA) is 3.24 Å². The Hall–Kier alpha value is 0.440. The van der Waals surface area contributed by atoms with Gasteiger partial charge >= 0.3 is 0 Å². The number of rotatable bonds is 4. The van der Waals surface area contributed by atoms with E-state index >= 15 is 0 Å². The minimum atomic E-state index is 0.645. The Kier molecular flexibility index (Phi) is 3.38. The van der Waals surface area contributed by atoms with E-state index in [1.54, 1.807) is 0 Å². The van der Waals surface area contributed by atoms with Crippen LogP contribution >= 0.6 is 15.9 Å². The van der Waals surface area contributed by atoms with Crippen molar-refractivity contribution >= 4 is 15.9 Å². The van der Waals surface area contributed by atoms with Crippen molar-refractivity contribution in [2.75, 3.05) is 25.0 Å². The molecule has 0 spiro atoms. The van der Waals surface area contributed by atoms with Crippen molar-refractivity contribution in [3.63, 3.8) is 0 Å². The molecule has 0 aliphatic carbocycles. The van der Waals surface area contributed by atoms with Crippen molar-refractivity contribution in [2.45, 2.75) is 26.7 Å². The molecule has 66 valence electrons. The van der Waals surface area contributed by atoms with Crippen LogP contribution in [0.5, 0.6) is 0 Å². The molecule has 0 N–H and O–H groups in total. The first kappa shape index (κ1) is 9.53. The fraction of sp³-hybridized carbons (Fsp3) is 1.00. The summed E-state index contributed by atoms with van der Waals surface area (Å²) in [5, 5.41) is 1.15. The van der Waals surface area contributed by atoms with Gasteiger partial charge in [0.15, 0.2) is 0 Å². The molecule has 0 aromatic rings. The standard InChI is InChI=1S/C9H18BrN/c1-3-9(2)7-11(8-9)6-4-5-10/h3-8H2,1-2H3. The van der Waals surface area contributed by atoms with E-state index in [0.29, 0.717) is 5.41 Å². The minimum absolute atomic E-state index is 0.645. The number of hydrogen-bond acceptors (Lipinski definition) is 1. The van der Waals surface area contributed by atoms with Crippen LogP contribution in [0.3, 0.4) is 0 Å². The molecule has 0 radical (unpaired) electrons. The maximum atomic E-state index is 3.45. The Labute approximate surface area is 78.3 Å². The zero-order valence-corrected chi connectivity index (χ0v) is 9.15. The van der Waals surface area contributed by atoms with Gasteiger partial charge in [-0.05, 0) is 24.8 Å². The zero-order chi connectivity index (χ0) is 8.32. The zero-order valence-electron chi connectivity index (χ0n) is 7.57. The van der Waals surface area contributed by atoms with E-state index in [0.717, 1.165) is 5.33 Å². The van der Waals surface area contributed by atoms with Crippen molar-refractivity contribution in [2.24, 2.45) is 5.41 Å². The summed E-state index contributed by atoms with van der Waals surface area (Å²) in [4.78, 5) is 2.55. The third-order valence-electron chi connectivity index (χ3n) is 2.67. The highest BCUT2D eigenvalue weighted by atomic mass is 79.9. The molecule has 0 aromatic heterocycles. The van der Waals surface area contributed by atoms with E-state index in [-0.39, 0.29) is 0 Å². The lowest BCUT2D eigenvalue weighted by Crippen LogP contribution is -2.54. The number of hydrogen-bond donors (Lipinski definition) is 0. The summed E-state index contributed by atoms with van der Waals surface area (Å²) in [5.41, 5.74) is 0.645. The summed E-state index contributed by atoms with van der Waals surface area (Å²) in [6, 6.07) is 0. The lowest BCUT2D eigenvalue weighted by Gasteiger charge is -2.48. The van der Waals surface area contributed by atoms with Gasteiger partial charge in [-0.3, -0.25) is 0 Å². The molecule has 1 rings (SSSR count). The third-order valence-corrected chi connectivity index (χ3v) is 3.23. The Bertz CT molecular complexity index is 119. The molecule has 0 bridgehead atoms. The highest BCUT2D eigenvalue weighted by Crippen LogP contribution is 2.32. The predicted octanol–water partition coefficient (Wildman–Crippen LogP) is 2.50. The van der Waals surface area contributed by atoms with Crippen molar-refractivity contribution < 1.29 is 0 Å². The van der Waals surface area contributed by atoms with Gasteiger partial charge in [0.05, 0.1) is 0 Å². The predicted molar refractivity (Wildman–Crippen MR) is 53.2 cm³/mol. The molecule has 1 nitrogen and oxygen atoms in total. The van der Waals surface area contributed by atoms with E-state index in [9.17, 15) is 0 Å². The lowest BCUT2D eigenvalue weighted by molar-refractivity contribution is 0.0134. The second kappa shape index (κ2) is 3.90. The normalized spacial score (nSPS) is 23.2. The number of likely N-dealkylation sites (tertiary alicyclic amines) is 1. The van der Waals surface area contributed by atoms with Gasteiger partial charge in [0.25, 0.3) is 0 Å². The number of nitrogens with zero attached hydrogens (tertiary/aromatic N) is 1. The van der Waals surface area contributed by atoms with Crippen molar-refractivity contribution in [3.05, 3.63) is 0 Å². The van der Waals surface area contributed by atoms with E-state index in [1.807, 2.05) is 0 Å². The minimum Gasteiger partial charge on any atom is -0.302 e. The van der Waals surface area contributed by atoms with Crippen LogP contribution in [-0.2, 0) is 0 Å². The Morgan fingerprint density at radius 3 is 2.55 bits per heavy atom. The summed E-state index contributed by atoms with van der Waals surface area (Å²) >= 11 is 3.45. The summed E-state index contributed by atoms with van der Waals surface area (Å²) in [6.07, 6.45) is 2.62. The smallest absolute Gasteiger partial charge is 0.00477 e. The Morgan fingerprint density at radius 2 is 2.09 bits per heavy atom. The maximum Gasteiger partial charge on any atom is 0.00477 e. The van der Waals surface area contributed by atoms with Gasteiger partial charge in [0.1, 0.15) is 0 Å². The van der Waals surface area contributed by atoms with Gasteiger partial charge in [-0.15, -0.1) is 0 Å². The molecule has 1 aliphatic heterocycles. The molecular formula is C9H18BrN. The largest absolute Gasteiger partial charge is 0.302 e. The van der Waals surface area contributed by atoms with Crippen LogP contribution < -0.4 is 0 Å².